The predicted molar refractivity (Wildman–Crippen MR) is 62.8 cm³/mol. The van der Waals surface area contributed by atoms with Gasteiger partial charge in [0.1, 0.15) is 5.68 Å². The number of allylic oxidation sites excluding steroid dienone is 2. The fourth-order valence-corrected chi connectivity index (χ4v) is 1.12. The SMILES string of the molecule is CCC(/N=C(\C)C(=O)B(C)C)=C(/C)N. The van der Waals surface area contributed by atoms with E-state index in [-0.39, 0.29) is 12.4 Å². The molecule has 0 saturated carbocycles. The molecule has 0 heterocycles. The van der Waals surface area contributed by atoms with Crippen LogP contribution in [0.3, 0.4) is 0 Å². The summed E-state index contributed by atoms with van der Waals surface area (Å²) < 4.78 is 0. The zero-order valence-corrected chi connectivity index (χ0v) is 9.72. The molecule has 0 atom stereocenters. The lowest BCUT2D eigenvalue weighted by molar-refractivity contribution is -0.106. The average Bonchev–Trinajstić information content (AvgIpc) is 2.11. The van der Waals surface area contributed by atoms with Crippen LogP contribution in [0.25, 0.3) is 0 Å². The number of carbonyl (C=O) groups is 1. The maximum absolute atomic E-state index is 11.5. The Balaban J connectivity index is 4.84. The van der Waals surface area contributed by atoms with E-state index in [2.05, 4.69) is 4.99 Å². The molecule has 0 aromatic carbocycles. The first kappa shape index (κ1) is 12.9. The second-order valence-corrected chi connectivity index (χ2v) is 3.70. The standard InChI is InChI=1S/C10H19BN2O/c1-6-9(7(2)12)13-8(3)10(14)11(4)5/h6,12H2,1-5H3/b9-7+,13-8+. The molecule has 0 radical (unpaired) electrons. The van der Waals surface area contributed by atoms with Crippen molar-refractivity contribution >= 4 is 18.1 Å². The van der Waals surface area contributed by atoms with Gasteiger partial charge in [0.25, 0.3) is 0 Å². The molecule has 0 spiro atoms. The van der Waals surface area contributed by atoms with E-state index < -0.39 is 0 Å². The van der Waals surface area contributed by atoms with Crippen LogP contribution in [-0.2, 0) is 4.79 Å². The predicted octanol–water partition coefficient (Wildman–Crippen LogP) is 1.91. The van der Waals surface area contributed by atoms with Gasteiger partial charge < -0.3 is 10.5 Å². The Bertz CT molecular complexity index is 276. The number of rotatable bonds is 4. The topological polar surface area (TPSA) is 55.5 Å². The molecule has 3 nitrogen and oxygen atoms in total. The highest BCUT2D eigenvalue weighted by atomic mass is 16.1. The van der Waals surface area contributed by atoms with Crippen molar-refractivity contribution in [2.45, 2.75) is 40.8 Å². The average molecular weight is 194 g/mol. The molecule has 0 aliphatic rings. The monoisotopic (exact) mass is 194 g/mol. The van der Waals surface area contributed by atoms with Crippen molar-refractivity contribution in [3.05, 3.63) is 11.4 Å². The number of carbonyl (C=O) groups excluding carboxylic acids is 1. The molecule has 0 rings (SSSR count). The molecule has 0 fully saturated rings. The van der Waals surface area contributed by atoms with Gasteiger partial charge in [-0.05, 0) is 20.3 Å². The molecule has 0 aromatic heterocycles. The zero-order valence-electron chi connectivity index (χ0n) is 9.72. The number of nitrogens with zero attached hydrogens (tertiary/aromatic N) is 1. The van der Waals surface area contributed by atoms with E-state index in [0.717, 1.165) is 12.1 Å². The first-order valence-electron chi connectivity index (χ1n) is 4.94. The van der Waals surface area contributed by atoms with E-state index in [1.807, 2.05) is 20.6 Å². The van der Waals surface area contributed by atoms with E-state index in [9.17, 15) is 4.79 Å². The summed E-state index contributed by atoms with van der Waals surface area (Å²) in [6, 6.07) is 0. The van der Waals surface area contributed by atoms with E-state index in [0.29, 0.717) is 11.4 Å². The number of aliphatic imine (C=N–C) groups is 1. The molecule has 4 heteroatoms. The highest BCUT2D eigenvalue weighted by molar-refractivity contribution is 6.99. The van der Waals surface area contributed by atoms with Crippen LogP contribution in [0, 0.1) is 0 Å². The Kier molecular flexibility index (Phi) is 5.20. The van der Waals surface area contributed by atoms with Crippen molar-refractivity contribution in [2.75, 3.05) is 0 Å². The third kappa shape index (κ3) is 3.77. The number of nitrogens with two attached hydrogens (primary N) is 1. The smallest absolute Gasteiger partial charge is 0.225 e. The Labute approximate surface area is 86.6 Å². The normalized spacial score (nSPS) is 13.6. The Morgan fingerprint density at radius 3 is 2.14 bits per heavy atom. The quantitative estimate of drug-likeness (QED) is 0.548. The van der Waals surface area contributed by atoms with Gasteiger partial charge in [0.15, 0.2) is 0 Å². The van der Waals surface area contributed by atoms with Crippen LogP contribution in [0.1, 0.15) is 27.2 Å². The van der Waals surface area contributed by atoms with Crippen molar-refractivity contribution in [2.24, 2.45) is 10.7 Å². The van der Waals surface area contributed by atoms with Crippen LogP contribution in [0.2, 0.25) is 13.6 Å². The van der Waals surface area contributed by atoms with Crippen LogP contribution in [0.15, 0.2) is 16.4 Å². The zero-order chi connectivity index (χ0) is 11.3. The summed E-state index contributed by atoms with van der Waals surface area (Å²) in [6.45, 7) is 9.24. The van der Waals surface area contributed by atoms with Gasteiger partial charge in [-0.15, -0.1) is 0 Å². The molecule has 78 valence electrons. The lowest BCUT2D eigenvalue weighted by Crippen LogP contribution is -2.25. The van der Waals surface area contributed by atoms with Gasteiger partial charge in [-0.1, -0.05) is 20.6 Å². The molecule has 0 aromatic rings. The second-order valence-electron chi connectivity index (χ2n) is 3.70. The summed E-state index contributed by atoms with van der Waals surface area (Å²) in [5, 5.41) is 0. The van der Waals surface area contributed by atoms with Gasteiger partial charge >= 0.3 is 0 Å². The minimum absolute atomic E-state index is 0.00469. The van der Waals surface area contributed by atoms with E-state index in [4.69, 9.17) is 5.73 Å². The fourth-order valence-electron chi connectivity index (χ4n) is 1.12. The minimum atomic E-state index is -0.00469. The second kappa shape index (κ2) is 5.63. The van der Waals surface area contributed by atoms with Gasteiger partial charge in [-0.2, -0.15) is 0 Å². The molecule has 0 unspecified atom stereocenters. The van der Waals surface area contributed by atoms with Crippen LogP contribution in [-0.4, -0.2) is 18.1 Å². The lowest BCUT2D eigenvalue weighted by atomic mass is 9.50. The molecule has 14 heavy (non-hydrogen) atoms. The Morgan fingerprint density at radius 2 is 1.86 bits per heavy atom. The van der Waals surface area contributed by atoms with E-state index in [1.54, 1.807) is 13.8 Å². The van der Waals surface area contributed by atoms with Crippen molar-refractivity contribution in [3.8, 4) is 0 Å². The van der Waals surface area contributed by atoms with Gasteiger partial charge in [-0.25, -0.2) is 0 Å². The molecule has 2 N–H and O–H groups in total. The summed E-state index contributed by atoms with van der Waals surface area (Å²) in [4.78, 5) is 15.8. The molecule has 0 aliphatic carbocycles. The third-order valence-corrected chi connectivity index (χ3v) is 1.97. The summed E-state index contributed by atoms with van der Waals surface area (Å²) in [7, 11) is 0. The summed E-state index contributed by atoms with van der Waals surface area (Å²) in [5.74, 6) is 0. The molecular weight excluding hydrogens is 175 g/mol. The maximum Gasteiger partial charge on any atom is 0.225 e. The molecule has 0 saturated heterocycles. The largest absolute Gasteiger partial charge is 0.401 e. The first-order valence-corrected chi connectivity index (χ1v) is 4.94. The molecule has 0 amide bonds. The number of hydrogen-bond donors (Lipinski definition) is 1. The minimum Gasteiger partial charge on any atom is -0.401 e. The van der Waals surface area contributed by atoms with Crippen molar-refractivity contribution in [1.29, 1.82) is 0 Å². The van der Waals surface area contributed by atoms with Crippen molar-refractivity contribution < 1.29 is 4.79 Å². The molecular formula is C10H19BN2O. The van der Waals surface area contributed by atoms with Gasteiger partial charge in [0.05, 0.1) is 11.4 Å². The number of hydrogen-bond acceptors (Lipinski definition) is 3. The highest BCUT2D eigenvalue weighted by Crippen LogP contribution is 2.06. The summed E-state index contributed by atoms with van der Waals surface area (Å²) in [6.07, 6.45) is 0.755. The highest BCUT2D eigenvalue weighted by Gasteiger charge is 2.14. The Morgan fingerprint density at radius 1 is 1.36 bits per heavy atom. The van der Waals surface area contributed by atoms with E-state index >= 15 is 0 Å². The molecule has 0 aliphatic heterocycles. The van der Waals surface area contributed by atoms with Gasteiger partial charge in [0, 0.05) is 5.70 Å². The van der Waals surface area contributed by atoms with Crippen LogP contribution in [0.5, 0.6) is 0 Å². The fraction of sp³-hybridized carbons (Fsp3) is 0.600. The first-order chi connectivity index (χ1) is 6.40. The van der Waals surface area contributed by atoms with Crippen molar-refractivity contribution in [3.63, 3.8) is 0 Å². The Hall–Kier alpha value is -1.06. The third-order valence-electron chi connectivity index (χ3n) is 1.97. The van der Waals surface area contributed by atoms with Crippen LogP contribution in [0.4, 0.5) is 0 Å². The molecule has 0 bridgehead atoms. The van der Waals surface area contributed by atoms with Gasteiger partial charge in [-0.3, -0.25) is 4.99 Å². The van der Waals surface area contributed by atoms with Crippen LogP contribution >= 0.6 is 0 Å². The summed E-state index contributed by atoms with van der Waals surface area (Å²) >= 11 is 0. The van der Waals surface area contributed by atoms with E-state index in [1.165, 1.54) is 0 Å². The summed E-state index contributed by atoms with van der Waals surface area (Å²) in [5.41, 5.74) is 7.74. The maximum atomic E-state index is 11.5. The van der Waals surface area contributed by atoms with Gasteiger partial charge in [0.2, 0.25) is 6.71 Å². The van der Waals surface area contributed by atoms with Crippen LogP contribution < -0.4 is 5.73 Å². The van der Waals surface area contributed by atoms with Crippen molar-refractivity contribution in [1.82, 2.24) is 0 Å². The lowest BCUT2D eigenvalue weighted by Gasteiger charge is -2.04.